The van der Waals surface area contributed by atoms with Gasteiger partial charge in [-0.25, -0.2) is 23.5 Å². The molecule has 4 heterocycles. The smallest absolute Gasteiger partial charge is 0.407 e. The number of anilines is 1. The Morgan fingerprint density at radius 1 is 1.24 bits per heavy atom. The third-order valence-corrected chi connectivity index (χ3v) is 6.45. The van der Waals surface area contributed by atoms with Crippen LogP contribution in [-0.2, 0) is 0 Å². The fourth-order valence-electron chi connectivity index (χ4n) is 4.48. The molecule has 0 bridgehead atoms. The molecule has 1 aliphatic rings. The van der Waals surface area contributed by atoms with E-state index >= 15 is 0 Å². The first-order valence-corrected chi connectivity index (χ1v) is 11.4. The second-order valence-corrected chi connectivity index (χ2v) is 9.35. The van der Waals surface area contributed by atoms with Gasteiger partial charge in [0.15, 0.2) is 16.6 Å². The molecule has 1 saturated heterocycles. The maximum absolute atomic E-state index is 14.6. The van der Waals surface area contributed by atoms with Crippen LogP contribution >= 0.6 is 11.6 Å². The van der Waals surface area contributed by atoms with Gasteiger partial charge >= 0.3 is 11.8 Å². The number of rotatable bonds is 3. The molecular weight excluding hydrogens is 463 g/mol. The molecule has 1 fully saturated rings. The predicted molar refractivity (Wildman–Crippen MR) is 128 cm³/mol. The van der Waals surface area contributed by atoms with Crippen molar-refractivity contribution in [3.05, 3.63) is 51.0 Å². The number of carboxylic acid groups (broad SMARTS) is 1. The number of hydrogen-bond acceptors (Lipinski definition) is 6. The zero-order valence-corrected chi connectivity index (χ0v) is 20.3. The normalized spacial score (nSPS) is 18.7. The largest absolute Gasteiger partial charge is 0.465 e. The van der Waals surface area contributed by atoms with Gasteiger partial charge in [-0.3, -0.25) is 4.98 Å². The van der Waals surface area contributed by atoms with E-state index in [-0.39, 0.29) is 47.7 Å². The molecule has 2 atom stereocenters. The van der Waals surface area contributed by atoms with Gasteiger partial charge < -0.3 is 14.9 Å². The summed E-state index contributed by atoms with van der Waals surface area (Å²) in [5.74, 6) is -0.493. The second kappa shape index (κ2) is 8.83. The molecule has 4 rings (SSSR count). The topological polar surface area (TPSA) is 104 Å². The number of carbonyl (C=O) groups is 1. The molecule has 1 aliphatic heterocycles. The van der Waals surface area contributed by atoms with Gasteiger partial charge in [-0.1, -0.05) is 25.4 Å². The van der Waals surface area contributed by atoms with Gasteiger partial charge in [-0.2, -0.15) is 4.98 Å². The first-order valence-electron chi connectivity index (χ1n) is 11.0. The molecule has 3 aromatic heterocycles. The summed E-state index contributed by atoms with van der Waals surface area (Å²) in [5, 5.41) is 9.43. The van der Waals surface area contributed by atoms with Crippen LogP contribution < -0.4 is 10.6 Å². The third kappa shape index (κ3) is 3.96. The van der Waals surface area contributed by atoms with E-state index in [1.165, 1.54) is 15.5 Å². The zero-order chi connectivity index (χ0) is 24.9. The average Bonchev–Trinajstić information content (AvgIpc) is 2.76. The van der Waals surface area contributed by atoms with Gasteiger partial charge in [-0.05, 0) is 44.4 Å². The number of hydrogen-bond donors (Lipinski definition) is 1. The standard InChI is InChI=1S/C23H26ClFN6O3/c1-11(2)17-18(12(3)6-7-26-17)31-21-15(8-16(25)19(24)27-21)20(28-22(31)32)29-9-14(5)30(23(33)34)10-13(29)4/h6-8,11,13-14H,9-10H2,1-5H3,(H,33,34). The van der Waals surface area contributed by atoms with Crippen LogP contribution in [0.2, 0.25) is 5.15 Å². The second-order valence-electron chi connectivity index (χ2n) is 8.99. The van der Waals surface area contributed by atoms with Crippen LogP contribution in [0.25, 0.3) is 16.7 Å². The Balaban J connectivity index is 2.01. The van der Waals surface area contributed by atoms with E-state index in [4.69, 9.17) is 11.6 Å². The van der Waals surface area contributed by atoms with Crippen molar-refractivity contribution in [1.29, 1.82) is 0 Å². The highest BCUT2D eigenvalue weighted by Gasteiger charge is 2.34. The molecule has 180 valence electrons. The SMILES string of the molecule is Cc1ccnc(C(C)C)c1-n1c(=O)nc(N2CC(C)N(C(=O)O)CC2C)c2cc(F)c(Cl)nc21. The minimum Gasteiger partial charge on any atom is -0.465 e. The molecule has 1 amide bonds. The monoisotopic (exact) mass is 488 g/mol. The lowest BCUT2D eigenvalue weighted by Gasteiger charge is -2.43. The Kier molecular flexibility index (Phi) is 6.20. The van der Waals surface area contributed by atoms with E-state index < -0.39 is 17.6 Å². The number of nitrogens with zero attached hydrogens (tertiary/aromatic N) is 6. The van der Waals surface area contributed by atoms with Gasteiger partial charge in [0.05, 0.1) is 16.8 Å². The summed E-state index contributed by atoms with van der Waals surface area (Å²) in [5.41, 5.74) is 1.57. The number of amides is 1. The van der Waals surface area contributed by atoms with Crippen LogP contribution in [0, 0.1) is 12.7 Å². The molecule has 34 heavy (non-hydrogen) atoms. The first-order chi connectivity index (χ1) is 16.0. The van der Waals surface area contributed by atoms with Gasteiger partial charge in [0, 0.05) is 31.4 Å². The van der Waals surface area contributed by atoms with E-state index in [0.717, 1.165) is 5.56 Å². The number of aryl methyl sites for hydroxylation is 1. The number of halogens is 2. The van der Waals surface area contributed by atoms with Gasteiger partial charge in [0.2, 0.25) is 0 Å². The van der Waals surface area contributed by atoms with Crippen LogP contribution in [0.4, 0.5) is 15.0 Å². The summed E-state index contributed by atoms with van der Waals surface area (Å²) in [6.07, 6.45) is 0.661. The number of piperazine rings is 1. The molecule has 3 aromatic rings. The Morgan fingerprint density at radius 3 is 2.59 bits per heavy atom. The molecule has 0 aliphatic carbocycles. The van der Waals surface area contributed by atoms with Gasteiger partial charge in [0.25, 0.3) is 0 Å². The molecule has 2 unspecified atom stereocenters. The van der Waals surface area contributed by atoms with Crippen LogP contribution in [0.1, 0.15) is 44.9 Å². The lowest BCUT2D eigenvalue weighted by molar-refractivity contribution is 0.114. The Hall–Kier alpha value is -3.27. The van der Waals surface area contributed by atoms with Crippen molar-refractivity contribution in [3.63, 3.8) is 0 Å². The maximum atomic E-state index is 14.6. The lowest BCUT2D eigenvalue weighted by Crippen LogP contribution is -2.58. The van der Waals surface area contributed by atoms with E-state index in [1.807, 2.05) is 32.6 Å². The van der Waals surface area contributed by atoms with Gasteiger partial charge in [0.1, 0.15) is 5.82 Å². The summed E-state index contributed by atoms with van der Waals surface area (Å²) in [6.45, 7) is 9.90. The first kappa shape index (κ1) is 23.9. The van der Waals surface area contributed by atoms with E-state index in [9.17, 15) is 19.1 Å². The van der Waals surface area contributed by atoms with Crippen molar-refractivity contribution < 1.29 is 14.3 Å². The summed E-state index contributed by atoms with van der Waals surface area (Å²) < 4.78 is 16.0. The number of pyridine rings is 2. The number of fused-ring (bicyclic) bond motifs is 1. The van der Waals surface area contributed by atoms with Crippen LogP contribution in [0.5, 0.6) is 0 Å². The van der Waals surface area contributed by atoms with Crippen LogP contribution in [0.15, 0.2) is 23.1 Å². The minimum atomic E-state index is -1.01. The fourth-order valence-corrected chi connectivity index (χ4v) is 4.61. The van der Waals surface area contributed by atoms with Crippen molar-refractivity contribution in [2.75, 3.05) is 18.0 Å². The van der Waals surface area contributed by atoms with Crippen molar-refractivity contribution in [2.45, 2.75) is 52.6 Å². The Labute approximate surface area is 200 Å². The van der Waals surface area contributed by atoms with Crippen LogP contribution in [-0.4, -0.2) is 60.8 Å². The van der Waals surface area contributed by atoms with E-state index in [2.05, 4.69) is 15.0 Å². The summed E-state index contributed by atoms with van der Waals surface area (Å²) >= 11 is 6.06. The Bertz CT molecular complexity index is 1340. The maximum Gasteiger partial charge on any atom is 0.407 e. The van der Waals surface area contributed by atoms with E-state index in [0.29, 0.717) is 16.8 Å². The van der Waals surface area contributed by atoms with Gasteiger partial charge in [-0.15, -0.1) is 0 Å². The van der Waals surface area contributed by atoms with E-state index in [1.54, 1.807) is 19.2 Å². The minimum absolute atomic E-state index is 0.00239. The average molecular weight is 489 g/mol. The lowest BCUT2D eigenvalue weighted by atomic mass is 10.0. The molecule has 9 nitrogen and oxygen atoms in total. The van der Waals surface area contributed by atoms with Crippen molar-refractivity contribution >= 4 is 34.5 Å². The van der Waals surface area contributed by atoms with Crippen LogP contribution in [0.3, 0.4) is 0 Å². The molecule has 11 heteroatoms. The molecule has 0 spiro atoms. The van der Waals surface area contributed by atoms with Crippen molar-refractivity contribution in [2.24, 2.45) is 0 Å². The predicted octanol–water partition coefficient (Wildman–Crippen LogP) is 3.98. The fraction of sp³-hybridized carbons (Fsp3) is 0.435. The number of aromatic nitrogens is 4. The molecule has 0 radical (unpaired) electrons. The summed E-state index contributed by atoms with van der Waals surface area (Å²) in [4.78, 5) is 41.3. The molecule has 0 saturated carbocycles. The third-order valence-electron chi connectivity index (χ3n) is 6.19. The molecule has 1 N–H and O–H groups in total. The highest BCUT2D eigenvalue weighted by molar-refractivity contribution is 6.30. The summed E-state index contributed by atoms with van der Waals surface area (Å²) in [6, 6.07) is 2.35. The quantitative estimate of drug-likeness (QED) is 0.556. The summed E-state index contributed by atoms with van der Waals surface area (Å²) in [7, 11) is 0. The molecular formula is C23H26ClFN6O3. The van der Waals surface area contributed by atoms with Crippen molar-refractivity contribution in [1.82, 2.24) is 24.4 Å². The zero-order valence-electron chi connectivity index (χ0n) is 19.6. The highest BCUT2D eigenvalue weighted by atomic mass is 35.5. The molecule has 0 aromatic carbocycles. The van der Waals surface area contributed by atoms with Crippen molar-refractivity contribution in [3.8, 4) is 5.69 Å². The highest BCUT2D eigenvalue weighted by Crippen LogP contribution is 2.32. The Morgan fingerprint density at radius 2 is 1.94 bits per heavy atom.